The van der Waals surface area contributed by atoms with E-state index in [1.807, 2.05) is 11.8 Å². The lowest BCUT2D eigenvalue weighted by Crippen LogP contribution is -2.65. The number of phosphoric ester groups is 4. The molecule has 8 atom stereocenters. The van der Waals surface area contributed by atoms with Crippen LogP contribution in [0.5, 0.6) is 0 Å². The van der Waals surface area contributed by atoms with Gasteiger partial charge < -0.3 is 53.9 Å². The van der Waals surface area contributed by atoms with Crippen LogP contribution in [0.2, 0.25) is 0 Å². The number of rotatable bonds is 28. The van der Waals surface area contributed by atoms with Crippen LogP contribution in [0.25, 0.3) is 0 Å². The fraction of sp³-hybridized carbons (Fsp3) is 0.667. The summed E-state index contributed by atoms with van der Waals surface area (Å²) in [5.41, 5.74) is 0. The van der Waals surface area contributed by atoms with Gasteiger partial charge in [-0.25, -0.2) is 23.1 Å². The lowest BCUT2D eigenvalue weighted by Gasteiger charge is -2.45. The van der Waals surface area contributed by atoms with Gasteiger partial charge in [-0.05, 0) is 53.8 Å². The number of phosphoric acid groups is 4. The van der Waals surface area contributed by atoms with E-state index in [0.717, 1.165) is 32.1 Å². The molecule has 348 valence electrons. The number of hydrogen-bond acceptors (Lipinski definition) is 15. The highest BCUT2D eigenvalue weighted by molar-refractivity contribution is 7.47. The van der Waals surface area contributed by atoms with Crippen molar-refractivity contribution in [3.8, 4) is 59.7 Å². The molecule has 1 rings (SSSR count). The fourth-order valence-corrected chi connectivity index (χ4v) is 8.26. The van der Waals surface area contributed by atoms with E-state index in [1.54, 1.807) is 0 Å². The van der Waals surface area contributed by atoms with Crippen LogP contribution in [0.15, 0.2) is 0 Å². The Bertz CT molecular complexity index is 1880. The molecule has 26 heteroatoms. The van der Waals surface area contributed by atoms with E-state index in [1.165, 1.54) is 38.5 Å². The third kappa shape index (κ3) is 27.3. The number of terminal acetylenes is 1. The van der Waals surface area contributed by atoms with Gasteiger partial charge in [0.15, 0.2) is 6.10 Å². The quantitative estimate of drug-likeness (QED) is 0.0178. The molecule has 0 spiro atoms. The molecule has 0 aromatic carbocycles. The summed E-state index contributed by atoms with van der Waals surface area (Å²) in [5, 5.41) is 21.7. The first-order valence-electron chi connectivity index (χ1n) is 19.0. The van der Waals surface area contributed by atoms with Gasteiger partial charge >= 0.3 is 43.2 Å². The third-order valence-electron chi connectivity index (χ3n) is 8.24. The van der Waals surface area contributed by atoms with Gasteiger partial charge in [0.05, 0.1) is 6.61 Å². The van der Waals surface area contributed by atoms with Gasteiger partial charge in [0.25, 0.3) is 0 Å². The first-order chi connectivity index (χ1) is 29.0. The first kappa shape index (κ1) is 57.1. The number of carbonyl (C=O) groups is 2. The van der Waals surface area contributed by atoms with Crippen molar-refractivity contribution in [2.75, 3.05) is 13.2 Å². The zero-order valence-electron chi connectivity index (χ0n) is 33.6. The van der Waals surface area contributed by atoms with E-state index < -0.39 is 99.2 Å². The Hall–Kier alpha value is -2.90. The second-order valence-corrected chi connectivity index (χ2v) is 18.3. The molecule has 0 amide bonds. The van der Waals surface area contributed by atoms with Gasteiger partial charge in [-0.3, -0.25) is 27.4 Å². The Kier molecular flexibility index (Phi) is 27.2. The fourth-order valence-electron chi connectivity index (χ4n) is 5.61. The van der Waals surface area contributed by atoms with E-state index in [-0.39, 0.29) is 6.42 Å². The summed E-state index contributed by atoms with van der Waals surface area (Å²) < 4.78 is 80.8. The topological polar surface area (TPSA) is 349 Å². The zero-order valence-corrected chi connectivity index (χ0v) is 37.1. The SMILES string of the molecule is C#CC#CC#CC#CC#CC(=O)OC[C@H](COP(=O)(O)OC1C(O)C(OP(=O)(O)O)[C@H](OP(=O)(O)O)C(OP(=O)(O)O)[C@@H]1O)OC(=O)CCCCCCCCCCCCCCC. The second kappa shape index (κ2) is 29.5. The molecule has 5 unspecified atom stereocenters. The summed E-state index contributed by atoms with van der Waals surface area (Å²) in [5.74, 6) is 17.7. The molecule has 1 aliphatic carbocycles. The normalized spacial score (nSPS) is 21.4. The van der Waals surface area contributed by atoms with E-state index in [2.05, 4.69) is 61.9 Å². The maximum atomic E-state index is 13.1. The van der Waals surface area contributed by atoms with Crippen molar-refractivity contribution in [3.05, 3.63) is 0 Å². The predicted octanol–water partition coefficient (Wildman–Crippen LogP) is 2.24. The van der Waals surface area contributed by atoms with Crippen LogP contribution in [0.1, 0.15) is 96.8 Å². The molecular weight excluding hydrogens is 908 g/mol. The van der Waals surface area contributed by atoms with Gasteiger partial charge in [0.1, 0.15) is 43.2 Å². The van der Waals surface area contributed by atoms with Gasteiger partial charge in [-0.15, -0.1) is 6.42 Å². The number of carbonyl (C=O) groups excluding carboxylic acids is 2. The van der Waals surface area contributed by atoms with E-state index >= 15 is 0 Å². The molecule has 0 bridgehead atoms. The maximum Gasteiger partial charge on any atom is 0.472 e. The zero-order chi connectivity index (χ0) is 46.8. The molecule has 0 radical (unpaired) electrons. The minimum atomic E-state index is -5.81. The van der Waals surface area contributed by atoms with Crippen LogP contribution in [0.4, 0.5) is 0 Å². The molecular formula is C36H52O22P4. The Morgan fingerprint density at radius 3 is 1.44 bits per heavy atom. The molecule has 0 saturated heterocycles. The summed E-state index contributed by atoms with van der Waals surface area (Å²) in [4.78, 5) is 91.6. The van der Waals surface area contributed by atoms with Crippen molar-refractivity contribution in [1.29, 1.82) is 0 Å². The van der Waals surface area contributed by atoms with Crippen LogP contribution >= 0.6 is 31.3 Å². The van der Waals surface area contributed by atoms with E-state index in [4.69, 9.17) is 24.9 Å². The third-order valence-corrected chi connectivity index (χ3v) is 10.8. The average molecular weight is 961 g/mol. The number of aliphatic hydroxyl groups excluding tert-OH is 2. The van der Waals surface area contributed by atoms with Crippen molar-refractivity contribution < 1.29 is 104 Å². The van der Waals surface area contributed by atoms with Crippen LogP contribution in [-0.4, -0.2) is 112 Å². The largest absolute Gasteiger partial charge is 0.472 e. The minimum absolute atomic E-state index is 0.127. The molecule has 0 aliphatic heterocycles. The van der Waals surface area contributed by atoms with Gasteiger partial charge in [-0.2, -0.15) is 0 Å². The first-order valence-corrected chi connectivity index (χ1v) is 25.1. The maximum absolute atomic E-state index is 13.1. The number of hydrogen-bond donors (Lipinski definition) is 9. The lowest BCUT2D eigenvalue weighted by molar-refractivity contribution is -0.209. The van der Waals surface area contributed by atoms with Crippen LogP contribution < -0.4 is 0 Å². The second-order valence-electron chi connectivity index (χ2n) is 13.3. The van der Waals surface area contributed by atoms with Crippen LogP contribution in [-0.2, 0) is 59.9 Å². The number of ether oxygens (including phenoxy) is 2. The van der Waals surface area contributed by atoms with Gasteiger partial charge in [0.2, 0.25) is 0 Å². The van der Waals surface area contributed by atoms with E-state index in [9.17, 15) is 72.3 Å². The molecule has 0 heterocycles. The van der Waals surface area contributed by atoms with Crippen LogP contribution in [0.3, 0.4) is 0 Å². The van der Waals surface area contributed by atoms with Crippen molar-refractivity contribution >= 4 is 43.2 Å². The predicted molar refractivity (Wildman–Crippen MR) is 215 cm³/mol. The lowest BCUT2D eigenvalue weighted by atomic mass is 9.85. The van der Waals surface area contributed by atoms with E-state index in [0.29, 0.717) is 12.8 Å². The smallest absolute Gasteiger partial charge is 0.456 e. The average Bonchev–Trinajstić information content (AvgIpc) is 3.16. The van der Waals surface area contributed by atoms with Crippen molar-refractivity contribution in [3.63, 3.8) is 0 Å². The molecule has 0 aromatic heterocycles. The van der Waals surface area contributed by atoms with Crippen molar-refractivity contribution in [2.45, 2.75) is 140 Å². The molecule has 62 heavy (non-hydrogen) atoms. The summed E-state index contributed by atoms with van der Waals surface area (Å²) in [6, 6.07) is 0. The molecule has 0 aromatic rings. The van der Waals surface area contributed by atoms with Gasteiger partial charge in [0, 0.05) is 12.3 Å². The monoisotopic (exact) mass is 960 g/mol. The summed E-state index contributed by atoms with van der Waals surface area (Å²) in [7, 11) is -23.1. The Labute approximate surface area is 359 Å². The molecule has 1 fully saturated rings. The highest BCUT2D eigenvalue weighted by Crippen LogP contribution is 2.53. The van der Waals surface area contributed by atoms with Crippen molar-refractivity contribution in [1.82, 2.24) is 0 Å². The molecule has 9 N–H and O–H groups in total. The molecule has 1 aliphatic rings. The summed E-state index contributed by atoms with van der Waals surface area (Å²) >= 11 is 0. The van der Waals surface area contributed by atoms with Crippen LogP contribution in [0, 0.1) is 59.7 Å². The molecule has 22 nitrogen and oxygen atoms in total. The molecule has 1 saturated carbocycles. The highest BCUT2D eigenvalue weighted by atomic mass is 31.2. The summed E-state index contributed by atoms with van der Waals surface area (Å²) in [6.45, 7) is 0.200. The Morgan fingerprint density at radius 2 is 0.984 bits per heavy atom. The Balaban J connectivity index is 3.09. The standard InChI is InChI=1S/C36H52O22P4/c1-3-5-7-9-11-13-14-15-16-17-19-21-23-25-30(38)54-28(26-52-29(37)24-22-20-18-12-10-8-6-4-2)27-53-62(50,51)58-33-31(39)34(55-59(41,42)43)36(57-61(47,48)49)35(32(33)40)56-60(44,45)46/h2,28,31-36,39-40H,3,5,7,9,11,13-17,19,21,23,25-27H2,1H3,(H,50,51)(H2,41,42,43)(H2,44,45,46)(H2,47,48,49)/t28-,31-,32?,33?,34?,35?,36-/m1/s1. The number of esters is 2. The highest BCUT2D eigenvalue weighted by Gasteiger charge is 2.59. The minimum Gasteiger partial charge on any atom is -0.456 e. The summed E-state index contributed by atoms with van der Waals surface area (Å²) in [6.07, 6.45) is 0.0140. The number of unbranched alkanes of at least 4 members (excludes halogenated alkanes) is 12. The van der Waals surface area contributed by atoms with Crippen molar-refractivity contribution in [2.24, 2.45) is 0 Å². The number of aliphatic hydroxyl groups is 2. The Morgan fingerprint density at radius 1 is 0.565 bits per heavy atom. The van der Waals surface area contributed by atoms with Gasteiger partial charge in [-0.1, -0.05) is 84.0 Å².